The molecule has 0 spiro atoms. The van der Waals surface area contributed by atoms with Crippen molar-refractivity contribution in [1.82, 2.24) is 0 Å². The zero-order valence-corrected chi connectivity index (χ0v) is 20.3. The molecule has 0 aliphatic carbocycles. The molecular weight excluding hydrogens is 428 g/mol. The molecule has 0 atom stereocenters. The maximum Gasteiger partial charge on any atom is 0.159 e. The van der Waals surface area contributed by atoms with Crippen LogP contribution in [0.2, 0.25) is 0 Å². The van der Waals surface area contributed by atoms with E-state index in [1.54, 1.807) is 20.8 Å². The summed E-state index contributed by atoms with van der Waals surface area (Å²) in [5.41, 5.74) is 9.05. The largest absolute Gasteiger partial charge is 0.489 e. The highest BCUT2D eigenvalue weighted by Crippen LogP contribution is 2.43. The lowest BCUT2D eigenvalue weighted by atomic mass is 9.88. The van der Waals surface area contributed by atoms with Gasteiger partial charge in [0.15, 0.2) is 5.60 Å². The van der Waals surface area contributed by atoms with E-state index < -0.39 is 5.60 Å². The second-order valence-corrected chi connectivity index (χ2v) is 9.28. The van der Waals surface area contributed by atoms with Crippen LogP contribution in [0, 0.1) is 20.5 Å². The van der Waals surface area contributed by atoms with Crippen LogP contribution in [0.3, 0.4) is 0 Å². The first-order valence-corrected chi connectivity index (χ1v) is 11.6. The Bertz CT molecular complexity index is 1190. The summed E-state index contributed by atoms with van der Waals surface area (Å²) in [6, 6.07) is 16.8. The molecule has 0 bridgehead atoms. The fourth-order valence-electron chi connectivity index (χ4n) is 5.18. The van der Waals surface area contributed by atoms with Crippen LogP contribution in [0.25, 0.3) is 11.1 Å². The highest BCUT2D eigenvalue weighted by atomic mass is 16.6. The summed E-state index contributed by atoms with van der Waals surface area (Å²) >= 11 is 0. The van der Waals surface area contributed by atoms with Gasteiger partial charge in [-0.05, 0) is 77.1 Å². The van der Waals surface area contributed by atoms with Gasteiger partial charge in [-0.15, -0.1) is 0 Å². The molecule has 177 valence electrons. The summed E-state index contributed by atoms with van der Waals surface area (Å²) in [5, 5.41) is 0. The first-order chi connectivity index (χ1) is 16.5. The third-order valence-electron chi connectivity index (χ3n) is 6.69. The van der Waals surface area contributed by atoms with Crippen LogP contribution in [-0.2, 0) is 33.8 Å². The van der Waals surface area contributed by atoms with Crippen molar-refractivity contribution >= 4 is 0 Å². The van der Waals surface area contributed by atoms with Gasteiger partial charge in [-0.1, -0.05) is 24.3 Å². The average molecular weight is 460 g/mol. The topological polar surface area (TPSA) is 46.2 Å². The molecule has 0 unspecified atom stereocenters. The Morgan fingerprint density at radius 2 is 1.79 bits per heavy atom. The molecule has 34 heavy (non-hydrogen) atoms. The van der Waals surface area contributed by atoms with Gasteiger partial charge in [0.25, 0.3) is 0 Å². The number of aryl methyl sites for hydroxylation is 1. The highest BCUT2D eigenvalue weighted by molar-refractivity contribution is 5.75. The predicted molar refractivity (Wildman–Crippen MR) is 131 cm³/mol. The van der Waals surface area contributed by atoms with Crippen molar-refractivity contribution in [3.05, 3.63) is 88.5 Å². The molecule has 0 amide bonds. The Labute approximate surface area is 201 Å². The van der Waals surface area contributed by atoms with Crippen LogP contribution in [-0.4, -0.2) is 33.0 Å². The van der Waals surface area contributed by atoms with E-state index in [2.05, 4.69) is 50.2 Å². The summed E-state index contributed by atoms with van der Waals surface area (Å²) in [6.45, 7) is 8.22. The first-order valence-electron chi connectivity index (χ1n) is 11.6. The van der Waals surface area contributed by atoms with Crippen molar-refractivity contribution in [3.8, 4) is 22.6 Å². The van der Waals surface area contributed by atoms with E-state index >= 15 is 0 Å². The smallest absolute Gasteiger partial charge is 0.159 e. The number of ether oxygens (including phenoxy) is 5. The van der Waals surface area contributed by atoms with Gasteiger partial charge in [0, 0.05) is 26.2 Å². The van der Waals surface area contributed by atoms with E-state index in [1.807, 2.05) is 12.1 Å². The molecule has 2 aliphatic heterocycles. The van der Waals surface area contributed by atoms with E-state index in [9.17, 15) is 0 Å². The fraction of sp³-hybridized carbons (Fsp3) is 0.345. The molecule has 0 saturated heterocycles. The zero-order chi connectivity index (χ0) is 23.7. The lowest BCUT2D eigenvalue weighted by Crippen LogP contribution is -2.44. The van der Waals surface area contributed by atoms with Crippen molar-refractivity contribution in [2.75, 3.05) is 27.4 Å². The molecule has 2 heterocycles. The van der Waals surface area contributed by atoms with Gasteiger partial charge in [-0.3, -0.25) is 0 Å². The van der Waals surface area contributed by atoms with Gasteiger partial charge in [0.2, 0.25) is 0 Å². The van der Waals surface area contributed by atoms with Crippen LogP contribution in [0.1, 0.15) is 33.4 Å². The fourth-order valence-corrected chi connectivity index (χ4v) is 5.18. The van der Waals surface area contributed by atoms with Gasteiger partial charge < -0.3 is 23.7 Å². The Morgan fingerprint density at radius 1 is 0.971 bits per heavy atom. The Balaban J connectivity index is 1.39. The maximum absolute atomic E-state index is 6.39. The third kappa shape index (κ3) is 4.31. The van der Waals surface area contributed by atoms with Crippen molar-refractivity contribution in [2.24, 2.45) is 0 Å². The van der Waals surface area contributed by atoms with Crippen molar-refractivity contribution in [3.63, 3.8) is 0 Å². The van der Waals surface area contributed by atoms with E-state index in [0.29, 0.717) is 26.4 Å². The highest BCUT2D eigenvalue weighted by Gasteiger charge is 2.41. The van der Waals surface area contributed by atoms with Gasteiger partial charge in [-0.2, -0.15) is 0 Å². The van der Waals surface area contributed by atoms with Gasteiger partial charge in [0.1, 0.15) is 24.7 Å². The standard InChI is InChI=1S/C29H31O5/c1-19-10-27-26(13-29(34-27,17-30-3)18-31-4)20(2)28(19)22-7-5-6-21(11-22)14-33-25-9-8-23-15-32-16-24(23)12-25/h5-12,15H,13-14,16-18H2,1-4H3. The van der Waals surface area contributed by atoms with Gasteiger partial charge in [0.05, 0.1) is 19.8 Å². The molecule has 5 heteroatoms. The Kier molecular flexibility index (Phi) is 6.34. The third-order valence-corrected chi connectivity index (χ3v) is 6.69. The van der Waals surface area contributed by atoms with E-state index in [1.165, 1.54) is 27.8 Å². The Hall–Kier alpha value is -2.86. The number of hydrogen-bond donors (Lipinski definition) is 0. The van der Waals surface area contributed by atoms with Crippen molar-refractivity contribution in [1.29, 1.82) is 0 Å². The SMILES string of the molecule is COCC1(COC)Cc2c(cc(C)c(-c3cccc(COc4ccc5c(c4)CO[CH]5)c3)c2C)O1. The van der Waals surface area contributed by atoms with Crippen molar-refractivity contribution in [2.45, 2.75) is 39.1 Å². The summed E-state index contributed by atoms with van der Waals surface area (Å²) in [5.74, 6) is 1.79. The van der Waals surface area contributed by atoms with Crippen LogP contribution >= 0.6 is 0 Å². The number of fused-ring (bicyclic) bond motifs is 2. The number of rotatable bonds is 8. The molecule has 0 fully saturated rings. The Morgan fingerprint density at radius 3 is 2.59 bits per heavy atom. The average Bonchev–Trinajstić information content (AvgIpc) is 3.43. The van der Waals surface area contributed by atoms with Crippen LogP contribution < -0.4 is 9.47 Å². The molecule has 5 rings (SSSR count). The summed E-state index contributed by atoms with van der Waals surface area (Å²) < 4.78 is 28.8. The minimum absolute atomic E-state index is 0.476. The van der Waals surface area contributed by atoms with E-state index in [-0.39, 0.29) is 0 Å². The van der Waals surface area contributed by atoms with Crippen LogP contribution in [0.5, 0.6) is 11.5 Å². The second kappa shape index (κ2) is 9.41. The molecule has 2 aliphatic rings. The van der Waals surface area contributed by atoms with Crippen molar-refractivity contribution < 1.29 is 23.7 Å². The molecule has 0 aromatic heterocycles. The lowest BCUT2D eigenvalue weighted by molar-refractivity contribution is -0.0450. The van der Waals surface area contributed by atoms with E-state index in [0.717, 1.165) is 34.6 Å². The maximum atomic E-state index is 6.39. The minimum Gasteiger partial charge on any atom is -0.489 e. The molecule has 3 aromatic rings. The van der Waals surface area contributed by atoms with Gasteiger partial charge in [-0.25, -0.2) is 0 Å². The minimum atomic E-state index is -0.476. The molecule has 0 saturated carbocycles. The molecule has 3 aromatic carbocycles. The predicted octanol–water partition coefficient (Wildman–Crippen LogP) is 5.56. The number of methoxy groups -OCH3 is 2. The number of benzene rings is 3. The quantitative estimate of drug-likeness (QED) is 0.442. The normalized spacial score (nSPS) is 15.6. The van der Waals surface area contributed by atoms with E-state index in [4.69, 9.17) is 23.7 Å². The van der Waals surface area contributed by atoms with Gasteiger partial charge >= 0.3 is 0 Å². The molecule has 1 radical (unpaired) electrons. The monoisotopic (exact) mass is 459 g/mol. The number of hydrogen-bond acceptors (Lipinski definition) is 5. The van der Waals surface area contributed by atoms with Crippen LogP contribution in [0.4, 0.5) is 0 Å². The molecule has 0 N–H and O–H groups in total. The van der Waals surface area contributed by atoms with Crippen LogP contribution in [0.15, 0.2) is 48.5 Å². The molecule has 5 nitrogen and oxygen atoms in total. The summed E-state index contributed by atoms with van der Waals surface area (Å²) in [7, 11) is 3.41. The summed E-state index contributed by atoms with van der Waals surface area (Å²) in [4.78, 5) is 0. The lowest BCUT2D eigenvalue weighted by Gasteiger charge is -2.27. The molecular formula is C29H31O5. The second-order valence-electron chi connectivity index (χ2n) is 9.28. The summed E-state index contributed by atoms with van der Waals surface area (Å²) in [6.07, 6.45) is 0.769. The first kappa shape index (κ1) is 22.9. The zero-order valence-electron chi connectivity index (χ0n) is 20.3.